The van der Waals surface area contributed by atoms with Crippen LogP contribution in [0.2, 0.25) is 0 Å². The molecule has 0 spiro atoms. The number of amides is 1. The summed E-state index contributed by atoms with van der Waals surface area (Å²) in [5.41, 5.74) is -1.03. The zero-order valence-electron chi connectivity index (χ0n) is 8.91. The molecular weight excluding hydrogens is 244 g/mol. The molecule has 0 aliphatic heterocycles. The zero-order valence-corrected chi connectivity index (χ0v) is 8.91. The summed E-state index contributed by atoms with van der Waals surface area (Å²) >= 11 is 0. The van der Waals surface area contributed by atoms with Gasteiger partial charge >= 0.3 is 0 Å². The molecule has 92 valence electrons. The Hall–Kier alpha value is -2.57. The highest BCUT2D eigenvalue weighted by molar-refractivity contribution is 6.02. The van der Waals surface area contributed by atoms with Crippen molar-refractivity contribution in [1.82, 2.24) is 9.97 Å². The van der Waals surface area contributed by atoms with Gasteiger partial charge in [0.25, 0.3) is 11.5 Å². The van der Waals surface area contributed by atoms with Crippen LogP contribution in [0.5, 0.6) is 0 Å². The van der Waals surface area contributed by atoms with E-state index in [0.717, 1.165) is 30.6 Å². The second-order valence-electron chi connectivity index (χ2n) is 3.37. The molecule has 0 aliphatic carbocycles. The number of H-pyrrole nitrogens is 1. The van der Waals surface area contributed by atoms with Crippen molar-refractivity contribution in [2.45, 2.75) is 0 Å². The van der Waals surface area contributed by atoms with Gasteiger partial charge in [-0.05, 0) is 12.1 Å². The van der Waals surface area contributed by atoms with Crippen molar-refractivity contribution in [3.8, 4) is 0 Å². The maximum Gasteiger partial charge on any atom is 0.274 e. The number of anilines is 1. The Morgan fingerprint density at radius 2 is 2.06 bits per heavy atom. The van der Waals surface area contributed by atoms with Crippen molar-refractivity contribution in [2.75, 3.05) is 5.32 Å². The molecule has 1 amide bonds. The lowest BCUT2D eigenvalue weighted by Gasteiger charge is -2.05. The van der Waals surface area contributed by atoms with Crippen LogP contribution < -0.4 is 10.9 Å². The minimum atomic E-state index is -0.800. The van der Waals surface area contributed by atoms with E-state index in [0.29, 0.717) is 0 Å². The fourth-order valence-electron chi connectivity index (χ4n) is 1.27. The Kier molecular flexibility index (Phi) is 3.13. The van der Waals surface area contributed by atoms with E-state index in [1.54, 1.807) is 0 Å². The number of halogens is 2. The number of hydrogen-bond acceptors (Lipinski definition) is 3. The highest BCUT2D eigenvalue weighted by Crippen LogP contribution is 2.15. The van der Waals surface area contributed by atoms with Gasteiger partial charge in [0, 0.05) is 12.1 Å². The number of carbonyl (C=O) groups is 1. The maximum absolute atomic E-state index is 13.3. The summed E-state index contributed by atoms with van der Waals surface area (Å²) in [5, 5.41) is 2.13. The second-order valence-corrected chi connectivity index (χ2v) is 3.37. The second kappa shape index (κ2) is 4.74. The molecular formula is C11H7F2N3O2. The van der Waals surface area contributed by atoms with E-state index >= 15 is 0 Å². The Bertz CT molecular complexity index is 655. The van der Waals surface area contributed by atoms with Crippen molar-refractivity contribution < 1.29 is 13.6 Å². The van der Waals surface area contributed by atoms with Crippen LogP contribution in [0.3, 0.4) is 0 Å². The van der Waals surface area contributed by atoms with Gasteiger partial charge in [-0.15, -0.1) is 0 Å². The third-order valence-electron chi connectivity index (χ3n) is 2.09. The number of aromatic nitrogens is 2. The quantitative estimate of drug-likeness (QED) is 0.844. The molecule has 2 aromatic rings. The number of benzene rings is 1. The number of rotatable bonds is 2. The largest absolute Gasteiger partial charge is 0.318 e. The molecule has 5 nitrogen and oxygen atoms in total. The summed E-state index contributed by atoms with van der Waals surface area (Å²) in [4.78, 5) is 28.4. The number of nitrogens with one attached hydrogen (secondary N) is 2. The molecule has 7 heteroatoms. The van der Waals surface area contributed by atoms with Gasteiger partial charge in [0.1, 0.15) is 17.3 Å². The summed E-state index contributed by atoms with van der Waals surface area (Å²) in [5.74, 6) is -2.27. The third kappa shape index (κ3) is 2.57. The van der Waals surface area contributed by atoms with Crippen molar-refractivity contribution in [1.29, 1.82) is 0 Å². The topological polar surface area (TPSA) is 74.8 Å². The van der Waals surface area contributed by atoms with Crippen molar-refractivity contribution in [2.24, 2.45) is 0 Å². The number of nitrogens with zero attached hydrogens (tertiary/aromatic N) is 1. The van der Waals surface area contributed by atoms with Crippen LogP contribution in [-0.2, 0) is 0 Å². The SMILES string of the molecule is O=C(Nc1cc(F)ccc1F)c1cc(=O)[nH]cn1. The van der Waals surface area contributed by atoms with E-state index in [-0.39, 0.29) is 11.4 Å². The lowest BCUT2D eigenvalue weighted by atomic mass is 10.3. The number of aromatic amines is 1. The highest BCUT2D eigenvalue weighted by atomic mass is 19.1. The molecule has 2 rings (SSSR count). The normalized spacial score (nSPS) is 10.1. The molecule has 0 bridgehead atoms. The van der Waals surface area contributed by atoms with Gasteiger partial charge in [0.2, 0.25) is 0 Å². The minimum Gasteiger partial charge on any atom is -0.318 e. The van der Waals surface area contributed by atoms with Crippen LogP contribution in [0.1, 0.15) is 10.5 Å². The molecule has 1 aromatic carbocycles. The number of hydrogen-bond donors (Lipinski definition) is 2. The van der Waals surface area contributed by atoms with Gasteiger partial charge in [-0.1, -0.05) is 0 Å². The summed E-state index contributed by atoms with van der Waals surface area (Å²) < 4.78 is 26.1. The highest BCUT2D eigenvalue weighted by Gasteiger charge is 2.11. The van der Waals surface area contributed by atoms with E-state index < -0.39 is 23.1 Å². The third-order valence-corrected chi connectivity index (χ3v) is 2.09. The summed E-state index contributed by atoms with van der Waals surface area (Å²) in [6.45, 7) is 0. The summed E-state index contributed by atoms with van der Waals surface area (Å²) in [6.07, 6.45) is 1.04. The Morgan fingerprint density at radius 1 is 1.28 bits per heavy atom. The smallest absolute Gasteiger partial charge is 0.274 e. The predicted molar refractivity (Wildman–Crippen MR) is 59.2 cm³/mol. The Balaban J connectivity index is 2.26. The van der Waals surface area contributed by atoms with Gasteiger partial charge in [-0.25, -0.2) is 13.8 Å². The van der Waals surface area contributed by atoms with E-state index in [4.69, 9.17) is 0 Å². The van der Waals surface area contributed by atoms with Gasteiger partial charge in [-0.3, -0.25) is 9.59 Å². The Labute approximate surface area is 99.5 Å². The predicted octanol–water partition coefficient (Wildman–Crippen LogP) is 1.30. The molecule has 2 N–H and O–H groups in total. The number of carbonyl (C=O) groups excluding carboxylic acids is 1. The lowest BCUT2D eigenvalue weighted by Crippen LogP contribution is -2.18. The lowest BCUT2D eigenvalue weighted by molar-refractivity contribution is 0.102. The van der Waals surface area contributed by atoms with Crippen LogP contribution in [0, 0.1) is 11.6 Å². The molecule has 0 saturated heterocycles. The summed E-state index contributed by atoms with van der Waals surface area (Å²) in [6, 6.07) is 3.60. The molecule has 0 radical (unpaired) electrons. The van der Waals surface area contributed by atoms with E-state index in [1.165, 1.54) is 0 Å². The van der Waals surface area contributed by atoms with Crippen LogP contribution in [0.4, 0.5) is 14.5 Å². The maximum atomic E-state index is 13.3. The van der Waals surface area contributed by atoms with E-state index in [9.17, 15) is 18.4 Å². The minimum absolute atomic E-state index is 0.192. The summed E-state index contributed by atoms with van der Waals surface area (Å²) in [7, 11) is 0. The van der Waals surface area contributed by atoms with Gasteiger partial charge in [0.05, 0.1) is 12.0 Å². The molecule has 18 heavy (non-hydrogen) atoms. The fourth-order valence-corrected chi connectivity index (χ4v) is 1.27. The first-order valence-electron chi connectivity index (χ1n) is 4.87. The van der Waals surface area contributed by atoms with Gasteiger partial charge < -0.3 is 10.3 Å². The van der Waals surface area contributed by atoms with Crippen LogP contribution >= 0.6 is 0 Å². The van der Waals surface area contributed by atoms with Crippen LogP contribution in [0.25, 0.3) is 0 Å². The zero-order chi connectivity index (χ0) is 13.1. The molecule has 0 fully saturated rings. The van der Waals surface area contributed by atoms with Crippen molar-refractivity contribution >= 4 is 11.6 Å². The molecule has 0 saturated carbocycles. The average Bonchev–Trinajstić information content (AvgIpc) is 2.34. The average molecular weight is 251 g/mol. The van der Waals surface area contributed by atoms with Gasteiger partial charge in [0.15, 0.2) is 0 Å². The van der Waals surface area contributed by atoms with Crippen molar-refractivity contribution in [3.05, 3.63) is 58.3 Å². The van der Waals surface area contributed by atoms with Crippen LogP contribution in [0.15, 0.2) is 35.4 Å². The Morgan fingerprint density at radius 3 is 2.78 bits per heavy atom. The first-order valence-corrected chi connectivity index (χ1v) is 4.87. The van der Waals surface area contributed by atoms with Gasteiger partial charge in [-0.2, -0.15) is 0 Å². The molecule has 1 aromatic heterocycles. The monoisotopic (exact) mass is 251 g/mol. The standard InChI is InChI=1S/C11H7F2N3O2/c12-6-1-2-7(13)8(3-6)16-11(18)9-4-10(17)15-5-14-9/h1-5H,(H,16,18)(H,14,15,17). The first-order chi connectivity index (χ1) is 8.56. The fraction of sp³-hybridized carbons (Fsp3) is 0. The molecule has 1 heterocycles. The van der Waals surface area contributed by atoms with Crippen LogP contribution in [-0.4, -0.2) is 15.9 Å². The molecule has 0 aliphatic rings. The van der Waals surface area contributed by atoms with Crippen molar-refractivity contribution in [3.63, 3.8) is 0 Å². The molecule has 0 atom stereocenters. The first kappa shape index (κ1) is 11.9. The van der Waals surface area contributed by atoms with E-state index in [1.807, 2.05) is 0 Å². The van der Waals surface area contributed by atoms with E-state index in [2.05, 4.69) is 15.3 Å². The molecule has 0 unspecified atom stereocenters.